The van der Waals surface area contributed by atoms with E-state index in [0.29, 0.717) is 0 Å². The molecule has 1 atom stereocenters. The van der Waals surface area contributed by atoms with Gasteiger partial charge in [0.25, 0.3) is 5.91 Å². The molecule has 0 heterocycles. The van der Waals surface area contributed by atoms with Gasteiger partial charge < -0.3 is 16.2 Å². The van der Waals surface area contributed by atoms with Gasteiger partial charge in [-0.3, -0.25) is 9.59 Å². The fourth-order valence-corrected chi connectivity index (χ4v) is 1.27. The number of amides is 2. The first-order valence-electron chi connectivity index (χ1n) is 4.97. The summed E-state index contributed by atoms with van der Waals surface area (Å²) in [6.07, 6.45) is -0.531. The highest BCUT2D eigenvalue weighted by Crippen LogP contribution is 2.04. The molecule has 1 rings (SSSR count). The van der Waals surface area contributed by atoms with Crippen LogP contribution in [0.2, 0.25) is 0 Å². The van der Waals surface area contributed by atoms with Gasteiger partial charge in [-0.1, -0.05) is 6.07 Å². The molecule has 96 valence electrons. The quantitative estimate of drug-likeness (QED) is 0.680. The molecule has 0 fully saturated rings. The van der Waals surface area contributed by atoms with Gasteiger partial charge in [0.15, 0.2) is 0 Å². The molecule has 2 amide bonds. The van der Waals surface area contributed by atoms with E-state index in [9.17, 15) is 18.8 Å². The number of hydrogen-bond donors (Lipinski definition) is 3. The molecular weight excluding hydrogens is 243 g/mol. The standard InChI is InChI=1S/C11H11FN2O4/c12-7-3-1-2-6(4-7)10(16)14-8(11(17)18)5-9(13)15/h1-4,8H,5H2,(H2,13,15)(H,14,16)(H,17,18). The lowest BCUT2D eigenvalue weighted by molar-refractivity contribution is -0.140. The van der Waals surface area contributed by atoms with Gasteiger partial charge in [-0.15, -0.1) is 0 Å². The fraction of sp³-hybridized carbons (Fsp3) is 0.182. The maximum Gasteiger partial charge on any atom is 0.326 e. The summed E-state index contributed by atoms with van der Waals surface area (Å²) in [5.41, 5.74) is 4.82. The number of nitrogens with one attached hydrogen (secondary N) is 1. The average Bonchev–Trinajstić information content (AvgIpc) is 2.27. The monoisotopic (exact) mass is 254 g/mol. The van der Waals surface area contributed by atoms with Crippen molar-refractivity contribution in [2.45, 2.75) is 12.5 Å². The Hall–Kier alpha value is -2.44. The van der Waals surface area contributed by atoms with Crippen molar-refractivity contribution in [1.82, 2.24) is 5.32 Å². The Morgan fingerprint density at radius 2 is 2.06 bits per heavy atom. The molecular formula is C11H11FN2O4. The van der Waals surface area contributed by atoms with Gasteiger partial charge in [-0.2, -0.15) is 0 Å². The van der Waals surface area contributed by atoms with Crippen LogP contribution in [0.1, 0.15) is 16.8 Å². The third-order valence-electron chi connectivity index (χ3n) is 2.10. The summed E-state index contributed by atoms with van der Waals surface area (Å²) in [4.78, 5) is 33.0. The van der Waals surface area contributed by atoms with Crippen molar-refractivity contribution >= 4 is 17.8 Å². The fourth-order valence-electron chi connectivity index (χ4n) is 1.27. The highest BCUT2D eigenvalue weighted by atomic mass is 19.1. The van der Waals surface area contributed by atoms with Crippen LogP contribution >= 0.6 is 0 Å². The predicted molar refractivity (Wildman–Crippen MR) is 59.1 cm³/mol. The molecule has 18 heavy (non-hydrogen) atoms. The van der Waals surface area contributed by atoms with Crippen molar-refractivity contribution in [1.29, 1.82) is 0 Å². The molecule has 6 nitrogen and oxygen atoms in total. The van der Waals surface area contributed by atoms with Crippen LogP contribution < -0.4 is 11.1 Å². The van der Waals surface area contributed by atoms with Gasteiger partial charge >= 0.3 is 5.97 Å². The molecule has 1 aromatic carbocycles. The largest absolute Gasteiger partial charge is 0.480 e. The molecule has 0 saturated carbocycles. The van der Waals surface area contributed by atoms with Crippen molar-refractivity contribution in [2.24, 2.45) is 5.73 Å². The second kappa shape index (κ2) is 5.76. The molecule has 0 aliphatic heterocycles. The van der Waals surface area contributed by atoms with Crippen molar-refractivity contribution in [3.05, 3.63) is 35.6 Å². The first kappa shape index (κ1) is 13.6. The first-order chi connectivity index (χ1) is 8.40. The summed E-state index contributed by atoms with van der Waals surface area (Å²) in [6, 6.07) is 3.31. The van der Waals surface area contributed by atoms with Crippen LogP contribution in [0.4, 0.5) is 4.39 Å². The lowest BCUT2D eigenvalue weighted by atomic mass is 10.1. The molecule has 0 spiro atoms. The number of carboxylic acids is 1. The summed E-state index contributed by atoms with van der Waals surface area (Å²) in [5.74, 6) is -3.66. The zero-order valence-corrected chi connectivity index (χ0v) is 9.22. The minimum absolute atomic E-state index is 0.0364. The predicted octanol–water partition coefficient (Wildman–Crippen LogP) is -0.116. The third-order valence-corrected chi connectivity index (χ3v) is 2.10. The number of halogens is 1. The van der Waals surface area contributed by atoms with Crippen molar-refractivity contribution in [2.75, 3.05) is 0 Å². The zero-order valence-electron chi connectivity index (χ0n) is 9.22. The average molecular weight is 254 g/mol. The molecule has 0 aliphatic rings. The van der Waals surface area contributed by atoms with Gasteiger partial charge in [0.1, 0.15) is 11.9 Å². The highest BCUT2D eigenvalue weighted by Gasteiger charge is 2.22. The summed E-state index contributed by atoms with van der Waals surface area (Å²) in [6.45, 7) is 0. The van der Waals surface area contributed by atoms with E-state index in [1.54, 1.807) is 0 Å². The van der Waals surface area contributed by atoms with E-state index in [0.717, 1.165) is 12.1 Å². The number of carboxylic acid groups (broad SMARTS) is 1. The number of hydrogen-bond acceptors (Lipinski definition) is 3. The van der Waals surface area contributed by atoms with E-state index in [-0.39, 0.29) is 5.56 Å². The van der Waals surface area contributed by atoms with Crippen LogP contribution in [0.25, 0.3) is 0 Å². The first-order valence-corrected chi connectivity index (χ1v) is 4.97. The SMILES string of the molecule is NC(=O)CC(NC(=O)c1cccc(F)c1)C(=O)O. The van der Waals surface area contributed by atoms with Crippen LogP contribution in [0.3, 0.4) is 0 Å². The number of benzene rings is 1. The van der Waals surface area contributed by atoms with E-state index < -0.39 is 36.1 Å². The maximum atomic E-state index is 12.9. The molecule has 1 aromatic rings. The number of primary amides is 1. The van der Waals surface area contributed by atoms with Gasteiger partial charge in [0.2, 0.25) is 5.91 Å². The van der Waals surface area contributed by atoms with Crippen LogP contribution in [0.15, 0.2) is 24.3 Å². The minimum Gasteiger partial charge on any atom is -0.480 e. The van der Waals surface area contributed by atoms with E-state index in [1.807, 2.05) is 0 Å². The lowest BCUT2D eigenvalue weighted by Crippen LogP contribution is -2.43. The Bertz CT molecular complexity index is 490. The molecule has 4 N–H and O–H groups in total. The van der Waals surface area contributed by atoms with Crippen molar-refractivity contribution < 1.29 is 23.9 Å². The Morgan fingerprint density at radius 1 is 1.39 bits per heavy atom. The topological polar surface area (TPSA) is 109 Å². The lowest BCUT2D eigenvalue weighted by Gasteiger charge is -2.12. The second-order valence-corrected chi connectivity index (χ2v) is 3.55. The Kier molecular flexibility index (Phi) is 4.36. The van der Waals surface area contributed by atoms with Crippen LogP contribution in [-0.2, 0) is 9.59 Å². The molecule has 0 aliphatic carbocycles. The minimum atomic E-state index is -1.43. The maximum absolute atomic E-state index is 12.9. The van der Waals surface area contributed by atoms with Gasteiger partial charge in [0.05, 0.1) is 6.42 Å². The van der Waals surface area contributed by atoms with E-state index in [1.165, 1.54) is 12.1 Å². The highest BCUT2D eigenvalue weighted by molar-refractivity contribution is 5.97. The van der Waals surface area contributed by atoms with E-state index in [2.05, 4.69) is 5.32 Å². The number of rotatable bonds is 5. The van der Waals surface area contributed by atoms with Gasteiger partial charge in [-0.25, -0.2) is 9.18 Å². The van der Waals surface area contributed by atoms with E-state index >= 15 is 0 Å². The van der Waals surface area contributed by atoms with Crippen LogP contribution in [0, 0.1) is 5.82 Å². The summed E-state index contributed by atoms with van der Waals surface area (Å²) < 4.78 is 12.9. The summed E-state index contributed by atoms with van der Waals surface area (Å²) >= 11 is 0. The molecule has 7 heteroatoms. The normalized spacial score (nSPS) is 11.6. The Morgan fingerprint density at radius 3 is 2.56 bits per heavy atom. The number of aliphatic carboxylic acids is 1. The van der Waals surface area contributed by atoms with Crippen molar-refractivity contribution in [3.63, 3.8) is 0 Å². The number of nitrogens with two attached hydrogens (primary N) is 1. The van der Waals surface area contributed by atoms with Gasteiger partial charge in [-0.05, 0) is 18.2 Å². The molecule has 1 unspecified atom stereocenters. The van der Waals surface area contributed by atoms with Gasteiger partial charge in [0, 0.05) is 5.56 Å². The summed E-state index contributed by atoms with van der Waals surface area (Å²) in [7, 11) is 0. The van der Waals surface area contributed by atoms with E-state index in [4.69, 9.17) is 10.8 Å². The molecule has 0 aromatic heterocycles. The van der Waals surface area contributed by atoms with Crippen LogP contribution in [-0.4, -0.2) is 28.9 Å². The molecule has 0 saturated heterocycles. The zero-order chi connectivity index (χ0) is 13.7. The Balaban J connectivity index is 2.78. The number of carbonyl (C=O) groups excluding carboxylic acids is 2. The van der Waals surface area contributed by atoms with Crippen LogP contribution in [0.5, 0.6) is 0 Å². The second-order valence-electron chi connectivity index (χ2n) is 3.55. The summed E-state index contributed by atoms with van der Waals surface area (Å²) in [5, 5.41) is 10.9. The number of carbonyl (C=O) groups is 3. The van der Waals surface area contributed by atoms with Crippen molar-refractivity contribution in [3.8, 4) is 0 Å². The smallest absolute Gasteiger partial charge is 0.326 e. The third kappa shape index (κ3) is 3.85. The Labute approximate surface area is 102 Å². The molecule has 0 radical (unpaired) electrons. The molecule has 0 bridgehead atoms.